The van der Waals surface area contributed by atoms with Crippen molar-refractivity contribution in [2.75, 3.05) is 5.32 Å². The van der Waals surface area contributed by atoms with Gasteiger partial charge in [-0.2, -0.15) is 0 Å². The van der Waals surface area contributed by atoms with Crippen molar-refractivity contribution in [2.24, 2.45) is 0 Å². The first-order valence-electron chi connectivity index (χ1n) is 4.46. The van der Waals surface area contributed by atoms with Gasteiger partial charge in [-0.25, -0.2) is 15.1 Å². The Morgan fingerprint density at radius 2 is 2.33 bits per heavy atom. The van der Waals surface area contributed by atoms with Gasteiger partial charge in [0.05, 0.1) is 6.20 Å². The zero-order valence-electron chi connectivity index (χ0n) is 8.90. The summed E-state index contributed by atoms with van der Waals surface area (Å²) in [4.78, 5) is 14.9. The van der Waals surface area contributed by atoms with Gasteiger partial charge in [-0.15, -0.1) is 0 Å². The van der Waals surface area contributed by atoms with Gasteiger partial charge in [-0.05, 0) is 20.8 Å². The number of hydrogen-bond donors (Lipinski definition) is 2. The molecule has 0 fully saturated rings. The van der Waals surface area contributed by atoms with E-state index in [0.717, 1.165) is 0 Å². The van der Waals surface area contributed by atoms with Crippen LogP contribution in [0.1, 0.15) is 26.5 Å². The molecule has 1 rings (SSSR count). The Morgan fingerprint density at radius 1 is 1.67 bits per heavy atom. The van der Waals surface area contributed by atoms with Crippen LogP contribution in [0.2, 0.25) is 0 Å². The monoisotopic (exact) mass is 214 g/mol. The highest BCUT2D eigenvalue weighted by Crippen LogP contribution is 2.11. The van der Waals surface area contributed by atoms with E-state index < -0.39 is 11.7 Å². The van der Waals surface area contributed by atoms with Gasteiger partial charge in [0.15, 0.2) is 5.76 Å². The second-order valence-electron chi connectivity index (χ2n) is 3.92. The molecule has 15 heavy (non-hydrogen) atoms. The lowest BCUT2D eigenvalue weighted by Crippen LogP contribution is -2.27. The van der Waals surface area contributed by atoms with Crippen molar-refractivity contribution in [3.8, 4) is 0 Å². The number of rotatable bonds is 2. The van der Waals surface area contributed by atoms with Gasteiger partial charge in [0, 0.05) is 0 Å². The molecule has 0 radical (unpaired) electrons. The van der Waals surface area contributed by atoms with Gasteiger partial charge in [0.25, 0.3) is 0 Å². The van der Waals surface area contributed by atoms with E-state index in [-0.39, 0.29) is 18.4 Å². The number of oxazole rings is 1. The Hall–Kier alpha value is -1.56. The lowest BCUT2D eigenvalue weighted by Gasteiger charge is -2.18. The van der Waals surface area contributed by atoms with Crippen molar-refractivity contribution in [1.82, 2.24) is 4.98 Å². The Labute approximate surface area is 87.3 Å². The van der Waals surface area contributed by atoms with E-state index in [4.69, 9.17) is 14.3 Å². The molecule has 0 bridgehead atoms. The fraction of sp³-hybridized carbons (Fsp3) is 0.556. The fourth-order valence-corrected chi connectivity index (χ4v) is 0.829. The summed E-state index contributed by atoms with van der Waals surface area (Å²) in [7, 11) is 0. The number of hydrogen-bond acceptors (Lipinski definition) is 5. The largest absolute Gasteiger partial charge is 0.443 e. The molecular weight excluding hydrogens is 200 g/mol. The number of nitrogens with one attached hydrogen (secondary N) is 1. The van der Waals surface area contributed by atoms with Crippen LogP contribution in [0.4, 0.5) is 10.8 Å². The minimum absolute atomic E-state index is 0.00769. The first-order valence-corrected chi connectivity index (χ1v) is 4.46. The van der Waals surface area contributed by atoms with Crippen LogP contribution in [0.25, 0.3) is 0 Å². The zero-order valence-corrected chi connectivity index (χ0v) is 8.90. The Balaban J connectivity index is 2.51. The fourth-order valence-electron chi connectivity index (χ4n) is 0.829. The Morgan fingerprint density at radius 3 is 2.80 bits per heavy atom. The maximum Gasteiger partial charge on any atom is 0.415 e. The molecule has 6 nitrogen and oxygen atoms in total. The van der Waals surface area contributed by atoms with Gasteiger partial charge in [-0.1, -0.05) is 0 Å². The number of carbonyl (C=O) groups excluding carboxylic acids is 1. The summed E-state index contributed by atoms with van der Waals surface area (Å²) in [5, 5.41) is 11.0. The van der Waals surface area contributed by atoms with Crippen LogP contribution in [0.5, 0.6) is 0 Å². The minimum Gasteiger partial charge on any atom is -0.443 e. The van der Waals surface area contributed by atoms with Crippen LogP contribution in [0.15, 0.2) is 10.6 Å². The lowest BCUT2D eigenvalue weighted by atomic mass is 10.2. The zero-order chi connectivity index (χ0) is 11.5. The van der Waals surface area contributed by atoms with Crippen molar-refractivity contribution in [1.29, 1.82) is 0 Å². The van der Waals surface area contributed by atoms with Crippen molar-refractivity contribution >= 4 is 12.1 Å². The SMILES string of the molecule is CC(C)(C)OC(=O)Nc1ncc(CO)o1. The normalized spacial score (nSPS) is 11.2. The molecule has 6 heteroatoms. The van der Waals surface area contributed by atoms with Gasteiger partial charge < -0.3 is 14.3 Å². The lowest BCUT2D eigenvalue weighted by molar-refractivity contribution is 0.0631. The summed E-state index contributed by atoms with van der Waals surface area (Å²) in [5.74, 6) is 0.279. The molecule has 0 saturated heterocycles. The average Bonchev–Trinajstić information content (AvgIpc) is 2.48. The number of aromatic nitrogens is 1. The number of ether oxygens (including phenoxy) is 1. The van der Waals surface area contributed by atoms with Crippen molar-refractivity contribution < 1.29 is 19.1 Å². The summed E-state index contributed by atoms with van der Waals surface area (Å²) in [6.07, 6.45) is 0.682. The van der Waals surface area contributed by atoms with Crippen molar-refractivity contribution in [3.63, 3.8) is 0 Å². The second kappa shape index (κ2) is 4.31. The van der Waals surface area contributed by atoms with Gasteiger partial charge in [-0.3, -0.25) is 0 Å². The predicted octanol–water partition coefficient (Wildman–Crippen LogP) is 1.51. The highest BCUT2D eigenvalue weighted by Gasteiger charge is 2.17. The van der Waals surface area contributed by atoms with E-state index in [1.165, 1.54) is 6.20 Å². The number of aliphatic hydroxyl groups is 1. The third kappa shape index (κ3) is 3.99. The van der Waals surface area contributed by atoms with Crippen molar-refractivity contribution in [2.45, 2.75) is 33.0 Å². The molecule has 1 heterocycles. The highest BCUT2D eigenvalue weighted by molar-refractivity contribution is 5.82. The molecule has 0 aliphatic carbocycles. The molecule has 2 N–H and O–H groups in total. The van der Waals surface area contributed by atoms with E-state index in [0.29, 0.717) is 0 Å². The van der Waals surface area contributed by atoms with Gasteiger partial charge in [0.1, 0.15) is 12.2 Å². The number of anilines is 1. The third-order valence-electron chi connectivity index (χ3n) is 1.32. The molecule has 0 aromatic carbocycles. The van der Waals surface area contributed by atoms with Gasteiger partial charge in [0.2, 0.25) is 0 Å². The quantitative estimate of drug-likeness (QED) is 0.779. The van der Waals surface area contributed by atoms with E-state index >= 15 is 0 Å². The van der Waals surface area contributed by atoms with Crippen LogP contribution in [-0.2, 0) is 11.3 Å². The first kappa shape index (κ1) is 11.5. The van der Waals surface area contributed by atoms with Crippen molar-refractivity contribution in [3.05, 3.63) is 12.0 Å². The molecule has 0 aliphatic rings. The molecule has 0 saturated carbocycles. The summed E-state index contributed by atoms with van der Waals surface area (Å²) in [6, 6.07) is 0.00769. The first-order chi connectivity index (χ1) is 6.90. The smallest absolute Gasteiger partial charge is 0.415 e. The van der Waals surface area contributed by atoms with Crippen LogP contribution in [0.3, 0.4) is 0 Å². The molecule has 0 aliphatic heterocycles. The van der Waals surface area contributed by atoms with Crippen LogP contribution >= 0.6 is 0 Å². The molecular formula is C9H14N2O4. The van der Waals surface area contributed by atoms with E-state index in [2.05, 4.69) is 10.3 Å². The molecule has 84 valence electrons. The highest BCUT2D eigenvalue weighted by atomic mass is 16.6. The number of nitrogens with zero attached hydrogens (tertiary/aromatic N) is 1. The topological polar surface area (TPSA) is 84.6 Å². The van der Waals surface area contributed by atoms with Crippen LogP contribution < -0.4 is 5.32 Å². The van der Waals surface area contributed by atoms with Gasteiger partial charge >= 0.3 is 12.1 Å². The maximum absolute atomic E-state index is 11.2. The third-order valence-corrected chi connectivity index (χ3v) is 1.32. The molecule has 1 aromatic heterocycles. The van der Waals surface area contributed by atoms with E-state index in [9.17, 15) is 4.79 Å². The predicted molar refractivity (Wildman–Crippen MR) is 52.3 cm³/mol. The standard InChI is InChI=1S/C9H14N2O4/c1-9(2,3)15-8(13)11-7-10-4-6(5-12)14-7/h4,12H,5H2,1-3H3,(H,10,11,13). The number of aliphatic hydroxyl groups excluding tert-OH is 1. The maximum atomic E-state index is 11.2. The summed E-state index contributed by atoms with van der Waals surface area (Å²) < 4.78 is 9.92. The number of amides is 1. The Bertz CT molecular complexity index is 340. The van der Waals surface area contributed by atoms with E-state index in [1.807, 2.05) is 0 Å². The molecule has 0 spiro atoms. The Kier molecular flexibility index (Phi) is 3.31. The summed E-state index contributed by atoms with van der Waals surface area (Å²) in [5.41, 5.74) is -0.573. The number of carbonyl (C=O) groups is 1. The van der Waals surface area contributed by atoms with Crippen LogP contribution in [-0.4, -0.2) is 21.8 Å². The molecule has 0 unspecified atom stereocenters. The molecule has 1 amide bonds. The minimum atomic E-state index is -0.645. The average molecular weight is 214 g/mol. The van der Waals surface area contributed by atoms with E-state index in [1.54, 1.807) is 20.8 Å². The van der Waals surface area contributed by atoms with Crippen LogP contribution in [0, 0.1) is 0 Å². The molecule has 1 aromatic rings. The summed E-state index contributed by atoms with van der Waals surface area (Å²) in [6.45, 7) is 4.99. The summed E-state index contributed by atoms with van der Waals surface area (Å²) >= 11 is 0. The molecule has 0 atom stereocenters. The second-order valence-corrected chi connectivity index (χ2v) is 3.92.